The van der Waals surface area contributed by atoms with E-state index in [1.807, 2.05) is 37.4 Å². The molecule has 1 aromatic heterocycles. The molecule has 1 unspecified atom stereocenters. The Balaban J connectivity index is 2.20. The Morgan fingerprint density at radius 1 is 1.41 bits per heavy atom. The van der Waals surface area contributed by atoms with Gasteiger partial charge < -0.3 is 9.73 Å². The van der Waals surface area contributed by atoms with Gasteiger partial charge in [-0.3, -0.25) is 0 Å². The standard InChI is InChI=1S/C13H13BrClNO/c1-16-13(8-10-3-2-6-17-10)9-4-5-12(15)11(14)7-9/h2-7,13,16H,8H2,1H3. The fourth-order valence-corrected chi connectivity index (χ4v) is 2.26. The fourth-order valence-electron chi connectivity index (χ4n) is 1.75. The topological polar surface area (TPSA) is 25.2 Å². The van der Waals surface area contributed by atoms with E-state index in [0.717, 1.165) is 21.7 Å². The van der Waals surface area contributed by atoms with Crippen LogP contribution in [0.3, 0.4) is 0 Å². The second-order valence-corrected chi connectivity index (χ2v) is 5.06. The Hall–Kier alpha value is -0.770. The Labute approximate surface area is 114 Å². The maximum Gasteiger partial charge on any atom is 0.105 e. The summed E-state index contributed by atoms with van der Waals surface area (Å²) in [5, 5.41) is 4.00. The number of benzene rings is 1. The molecule has 1 atom stereocenters. The van der Waals surface area contributed by atoms with Crippen LogP contribution in [0.4, 0.5) is 0 Å². The van der Waals surface area contributed by atoms with Gasteiger partial charge in [0.05, 0.1) is 11.3 Å². The number of nitrogens with one attached hydrogen (secondary N) is 1. The summed E-state index contributed by atoms with van der Waals surface area (Å²) in [5.41, 5.74) is 1.18. The second kappa shape index (κ2) is 5.71. The van der Waals surface area contributed by atoms with E-state index in [4.69, 9.17) is 16.0 Å². The predicted octanol–water partition coefficient (Wildman–Crippen LogP) is 4.20. The largest absolute Gasteiger partial charge is 0.469 e. The quantitative estimate of drug-likeness (QED) is 0.915. The van der Waals surface area contributed by atoms with Gasteiger partial charge in [0.1, 0.15) is 5.76 Å². The Kier molecular flexibility index (Phi) is 4.26. The number of halogens is 2. The SMILES string of the molecule is CNC(Cc1ccco1)c1ccc(Cl)c(Br)c1. The van der Waals surface area contributed by atoms with Crippen molar-refractivity contribution in [2.75, 3.05) is 7.05 Å². The highest BCUT2D eigenvalue weighted by Crippen LogP contribution is 2.27. The molecule has 2 nitrogen and oxygen atoms in total. The third-order valence-corrected chi connectivity index (χ3v) is 3.89. The van der Waals surface area contributed by atoms with Crippen LogP contribution in [0.5, 0.6) is 0 Å². The van der Waals surface area contributed by atoms with Crippen LogP contribution in [0.15, 0.2) is 45.5 Å². The third-order valence-electron chi connectivity index (χ3n) is 2.68. The smallest absolute Gasteiger partial charge is 0.105 e. The Morgan fingerprint density at radius 2 is 2.24 bits per heavy atom. The zero-order valence-corrected chi connectivity index (χ0v) is 11.8. The van der Waals surface area contributed by atoms with Crippen molar-refractivity contribution in [3.8, 4) is 0 Å². The lowest BCUT2D eigenvalue weighted by atomic mass is 10.0. The summed E-state index contributed by atoms with van der Waals surface area (Å²) in [6.07, 6.45) is 2.51. The molecule has 2 rings (SSSR count). The predicted molar refractivity (Wildman–Crippen MR) is 73.4 cm³/mol. The van der Waals surface area contributed by atoms with Gasteiger partial charge in [0.25, 0.3) is 0 Å². The summed E-state index contributed by atoms with van der Waals surface area (Å²) in [6.45, 7) is 0. The first kappa shape index (κ1) is 12.7. The molecule has 1 aromatic carbocycles. The van der Waals surface area contributed by atoms with Crippen molar-refractivity contribution in [2.24, 2.45) is 0 Å². The molecule has 17 heavy (non-hydrogen) atoms. The molecule has 0 spiro atoms. The summed E-state index contributed by atoms with van der Waals surface area (Å²) >= 11 is 9.42. The molecule has 1 heterocycles. The van der Waals surface area contributed by atoms with Crippen molar-refractivity contribution in [1.29, 1.82) is 0 Å². The van der Waals surface area contributed by atoms with Gasteiger partial charge in [-0.25, -0.2) is 0 Å². The van der Waals surface area contributed by atoms with Crippen LogP contribution < -0.4 is 5.32 Å². The van der Waals surface area contributed by atoms with Crippen molar-refractivity contribution in [2.45, 2.75) is 12.5 Å². The van der Waals surface area contributed by atoms with Crippen LogP contribution in [0.2, 0.25) is 5.02 Å². The highest BCUT2D eigenvalue weighted by atomic mass is 79.9. The van der Waals surface area contributed by atoms with Gasteiger partial charge >= 0.3 is 0 Å². The lowest BCUT2D eigenvalue weighted by Crippen LogP contribution is -2.18. The number of rotatable bonds is 4. The highest BCUT2D eigenvalue weighted by Gasteiger charge is 2.12. The fraction of sp³-hybridized carbons (Fsp3) is 0.231. The molecular formula is C13H13BrClNO. The minimum Gasteiger partial charge on any atom is -0.469 e. The van der Waals surface area contributed by atoms with Gasteiger partial charge in [0.15, 0.2) is 0 Å². The van der Waals surface area contributed by atoms with E-state index >= 15 is 0 Å². The van der Waals surface area contributed by atoms with E-state index in [2.05, 4.69) is 21.2 Å². The van der Waals surface area contributed by atoms with Crippen LogP contribution >= 0.6 is 27.5 Å². The molecular weight excluding hydrogens is 302 g/mol. The van der Waals surface area contributed by atoms with Crippen LogP contribution in [0.25, 0.3) is 0 Å². The number of hydrogen-bond donors (Lipinski definition) is 1. The molecule has 0 fully saturated rings. The molecule has 0 amide bonds. The molecule has 0 aliphatic heterocycles. The first-order chi connectivity index (χ1) is 8.20. The van der Waals surface area contributed by atoms with Crippen LogP contribution in [-0.4, -0.2) is 7.05 Å². The van der Waals surface area contributed by atoms with Gasteiger partial charge in [0, 0.05) is 16.9 Å². The zero-order valence-electron chi connectivity index (χ0n) is 9.41. The Bertz CT molecular complexity index is 484. The third kappa shape index (κ3) is 3.12. The zero-order chi connectivity index (χ0) is 12.3. The van der Waals surface area contributed by atoms with Gasteiger partial charge in [-0.15, -0.1) is 0 Å². The average Bonchev–Trinajstić information content (AvgIpc) is 2.82. The maximum atomic E-state index is 5.99. The van der Waals surface area contributed by atoms with Crippen molar-refractivity contribution >= 4 is 27.5 Å². The van der Waals surface area contributed by atoms with E-state index in [-0.39, 0.29) is 6.04 Å². The van der Waals surface area contributed by atoms with Gasteiger partial charge in [-0.1, -0.05) is 17.7 Å². The second-order valence-electron chi connectivity index (χ2n) is 3.80. The number of hydrogen-bond acceptors (Lipinski definition) is 2. The summed E-state index contributed by atoms with van der Waals surface area (Å²) in [5.74, 6) is 0.968. The van der Waals surface area contributed by atoms with Crippen molar-refractivity contribution in [3.63, 3.8) is 0 Å². The maximum absolute atomic E-state index is 5.99. The van der Waals surface area contributed by atoms with Crippen LogP contribution in [-0.2, 0) is 6.42 Å². The van der Waals surface area contributed by atoms with E-state index in [1.165, 1.54) is 5.56 Å². The number of likely N-dealkylation sites (N-methyl/N-ethyl adjacent to an activating group) is 1. The Morgan fingerprint density at radius 3 is 2.82 bits per heavy atom. The van der Waals surface area contributed by atoms with Crippen molar-refractivity contribution < 1.29 is 4.42 Å². The summed E-state index contributed by atoms with van der Waals surface area (Å²) in [6, 6.07) is 10.1. The minimum absolute atomic E-state index is 0.217. The van der Waals surface area contributed by atoms with E-state index in [0.29, 0.717) is 0 Å². The molecule has 1 N–H and O–H groups in total. The first-order valence-corrected chi connectivity index (χ1v) is 6.52. The van der Waals surface area contributed by atoms with Gasteiger partial charge in [-0.2, -0.15) is 0 Å². The lowest BCUT2D eigenvalue weighted by Gasteiger charge is -2.16. The average molecular weight is 315 g/mol. The lowest BCUT2D eigenvalue weighted by molar-refractivity contribution is 0.466. The van der Waals surface area contributed by atoms with Crippen molar-refractivity contribution in [1.82, 2.24) is 5.32 Å². The molecule has 2 aromatic rings. The molecule has 0 aliphatic rings. The van der Waals surface area contributed by atoms with Gasteiger partial charge in [0.2, 0.25) is 0 Å². The van der Waals surface area contributed by atoms with E-state index in [1.54, 1.807) is 6.26 Å². The monoisotopic (exact) mass is 313 g/mol. The summed E-state index contributed by atoms with van der Waals surface area (Å²) < 4.78 is 6.28. The molecule has 4 heteroatoms. The van der Waals surface area contributed by atoms with Gasteiger partial charge in [-0.05, 0) is 52.8 Å². The van der Waals surface area contributed by atoms with E-state index < -0.39 is 0 Å². The minimum atomic E-state index is 0.217. The first-order valence-electron chi connectivity index (χ1n) is 5.35. The summed E-state index contributed by atoms with van der Waals surface area (Å²) in [7, 11) is 1.94. The molecule has 0 saturated carbocycles. The molecule has 90 valence electrons. The normalized spacial score (nSPS) is 12.6. The molecule has 0 radical (unpaired) electrons. The summed E-state index contributed by atoms with van der Waals surface area (Å²) in [4.78, 5) is 0. The molecule has 0 bridgehead atoms. The molecule has 0 saturated heterocycles. The van der Waals surface area contributed by atoms with Crippen LogP contribution in [0.1, 0.15) is 17.4 Å². The van der Waals surface area contributed by atoms with Crippen molar-refractivity contribution in [3.05, 3.63) is 57.4 Å². The number of furan rings is 1. The van der Waals surface area contributed by atoms with E-state index in [9.17, 15) is 0 Å². The highest BCUT2D eigenvalue weighted by molar-refractivity contribution is 9.10. The van der Waals surface area contributed by atoms with Crippen LogP contribution in [0, 0.1) is 0 Å². The molecule has 0 aliphatic carbocycles.